The lowest BCUT2D eigenvalue weighted by atomic mass is 9.76. The smallest absolute Gasteiger partial charge is 0.155 e. The highest BCUT2D eigenvalue weighted by Crippen LogP contribution is 2.41. The minimum absolute atomic E-state index is 0.524. The Hall–Kier alpha value is -0.360. The van der Waals surface area contributed by atoms with Gasteiger partial charge in [-0.2, -0.15) is 0 Å². The molecule has 1 saturated carbocycles. The first kappa shape index (κ1) is 10.8. The van der Waals surface area contributed by atoms with Gasteiger partial charge < -0.3 is 0 Å². The lowest BCUT2D eigenvalue weighted by Crippen LogP contribution is -2.21. The van der Waals surface area contributed by atoms with Gasteiger partial charge in [0.1, 0.15) is 15.0 Å². The monoisotopic (exact) mass is 346 g/mol. The maximum atomic E-state index is 6.08. The van der Waals surface area contributed by atoms with E-state index < -0.39 is 0 Å². The van der Waals surface area contributed by atoms with Gasteiger partial charge in [0, 0.05) is 18.3 Å². The first-order valence-corrected chi connectivity index (χ1v) is 6.63. The standard InChI is InChI=1S/C11H10ClIN3/c1-6-4-7(5-6)11-15-10(13)8-9(12)14-2-3-16(8)11/h2-3,6-7H,1,4-5H2/t6-,7-. The predicted octanol–water partition coefficient (Wildman–Crippen LogP) is 3.31. The summed E-state index contributed by atoms with van der Waals surface area (Å²) in [6, 6.07) is 0. The van der Waals surface area contributed by atoms with E-state index in [-0.39, 0.29) is 0 Å². The van der Waals surface area contributed by atoms with Crippen LogP contribution in [-0.2, 0) is 0 Å². The molecule has 16 heavy (non-hydrogen) atoms. The minimum atomic E-state index is 0.524. The minimum Gasteiger partial charge on any atom is -0.298 e. The summed E-state index contributed by atoms with van der Waals surface area (Å²) in [5, 5.41) is 0.524. The van der Waals surface area contributed by atoms with E-state index in [9.17, 15) is 0 Å². The van der Waals surface area contributed by atoms with Crippen LogP contribution in [0, 0.1) is 16.5 Å². The van der Waals surface area contributed by atoms with Crippen LogP contribution < -0.4 is 0 Å². The molecule has 2 aromatic heterocycles. The van der Waals surface area contributed by atoms with Crippen molar-refractivity contribution in [3.63, 3.8) is 0 Å². The van der Waals surface area contributed by atoms with Crippen LogP contribution >= 0.6 is 34.2 Å². The van der Waals surface area contributed by atoms with Crippen LogP contribution in [0.4, 0.5) is 0 Å². The molecule has 0 unspecified atom stereocenters. The lowest BCUT2D eigenvalue weighted by Gasteiger charge is -2.31. The third-order valence-electron chi connectivity index (χ3n) is 3.10. The molecule has 83 valence electrons. The molecule has 1 aliphatic carbocycles. The van der Waals surface area contributed by atoms with Gasteiger partial charge in [0.25, 0.3) is 0 Å². The highest BCUT2D eigenvalue weighted by atomic mass is 127. The molecule has 0 aromatic carbocycles. The van der Waals surface area contributed by atoms with Gasteiger partial charge in [-0.25, -0.2) is 9.97 Å². The van der Waals surface area contributed by atoms with Crippen LogP contribution in [-0.4, -0.2) is 14.4 Å². The van der Waals surface area contributed by atoms with Crippen molar-refractivity contribution in [1.82, 2.24) is 14.4 Å². The number of hydrogen-bond acceptors (Lipinski definition) is 2. The van der Waals surface area contributed by atoms with Crippen LogP contribution in [0.1, 0.15) is 24.6 Å². The molecule has 0 N–H and O–H groups in total. The van der Waals surface area contributed by atoms with Gasteiger partial charge in [-0.15, -0.1) is 0 Å². The summed E-state index contributed by atoms with van der Waals surface area (Å²) in [4.78, 5) is 8.69. The summed E-state index contributed by atoms with van der Waals surface area (Å²) >= 11 is 8.29. The van der Waals surface area contributed by atoms with Crippen molar-refractivity contribution in [2.24, 2.45) is 5.92 Å². The number of nitrogens with zero attached hydrogens (tertiary/aromatic N) is 3. The van der Waals surface area contributed by atoms with Gasteiger partial charge in [-0.1, -0.05) is 18.5 Å². The van der Waals surface area contributed by atoms with Crippen LogP contribution in [0.2, 0.25) is 5.15 Å². The fraction of sp³-hybridized carbons (Fsp3) is 0.364. The average Bonchev–Trinajstić information content (AvgIpc) is 2.53. The zero-order valence-electron chi connectivity index (χ0n) is 8.53. The van der Waals surface area contributed by atoms with Crippen LogP contribution in [0.3, 0.4) is 0 Å². The molecule has 3 rings (SSSR count). The fourth-order valence-electron chi connectivity index (χ4n) is 2.22. The lowest BCUT2D eigenvalue weighted by molar-refractivity contribution is 0.307. The molecule has 1 fully saturated rings. The van der Waals surface area contributed by atoms with E-state index in [1.54, 1.807) is 6.20 Å². The SMILES string of the molecule is [CH2][C@H]1C[C@H](c2nc(I)c3c(Cl)nccn32)C1. The first-order chi connectivity index (χ1) is 7.66. The second-order valence-electron chi connectivity index (χ2n) is 4.23. The Morgan fingerprint density at radius 3 is 2.94 bits per heavy atom. The van der Waals surface area contributed by atoms with Crippen molar-refractivity contribution in [2.45, 2.75) is 18.8 Å². The molecule has 5 heteroatoms. The second-order valence-corrected chi connectivity index (χ2v) is 5.61. The van der Waals surface area contributed by atoms with Crippen molar-refractivity contribution in [1.29, 1.82) is 0 Å². The maximum absolute atomic E-state index is 6.08. The van der Waals surface area contributed by atoms with E-state index in [4.69, 9.17) is 11.6 Å². The average molecular weight is 347 g/mol. The summed E-state index contributed by atoms with van der Waals surface area (Å²) < 4.78 is 2.99. The van der Waals surface area contributed by atoms with Gasteiger partial charge in [0.15, 0.2) is 5.15 Å². The van der Waals surface area contributed by atoms with E-state index in [2.05, 4.69) is 43.9 Å². The third-order valence-corrected chi connectivity index (χ3v) is 4.12. The molecule has 0 spiro atoms. The Morgan fingerprint density at radius 2 is 2.25 bits per heavy atom. The Morgan fingerprint density at radius 1 is 1.50 bits per heavy atom. The summed E-state index contributed by atoms with van der Waals surface area (Å²) in [5.41, 5.74) is 0.923. The topological polar surface area (TPSA) is 30.2 Å². The highest BCUT2D eigenvalue weighted by Gasteiger charge is 2.31. The van der Waals surface area contributed by atoms with E-state index >= 15 is 0 Å². The number of halogens is 2. The van der Waals surface area contributed by atoms with Crippen molar-refractivity contribution >= 4 is 39.7 Å². The molecule has 1 aliphatic rings. The molecule has 0 aliphatic heterocycles. The number of rotatable bonds is 1. The van der Waals surface area contributed by atoms with Crippen LogP contribution in [0.25, 0.3) is 5.52 Å². The summed E-state index contributed by atoms with van der Waals surface area (Å²) in [6.45, 7) is 4.05. The molecule has 2 heterocycles. The number of imidazole rings is 1. The molecule has 2 aromatic rings. The summed E-state index contributed by atoms with van der Waals surface area (Å²) in [7, 11) is 0. The van der Waals surface area contributed by atoms with Gasteiger partial charge in [-0.3, -0.25) is 4.40 Å². The summed E-state index contributed by atoms with van der Waals surface area (Å²) in [6.07, 6.45) is 5.89. The Balaban J connectivity index is 2.16. The van der Waals surface area contributed by atoms with E-state index in [0.717, 1.165) is 27.9 Å². The first-order valence-electron chi connectivity index (χ1n) is 5.18. The third kappa shape index (κ3) is 1.54. The summed E-state index contributed by atoms with van der Waals surface area (Å²) in [5.74, 6) is 2.20. The number of aromatic nitrogens is 3. The normalized spacial score (nSPS) is 24.7. The van der Waals surface area contributed by atoms with Crippen molar-refractivity contribution in [3.8, 4) is 0 Å². The van der Waals surface area contributed by atoms with E-state index in [0.29, 0.717) is 17.0 Å². The molecule has 0 amide bonds. The molecule has 1 radical (unpaired) electrons. The van der Waals surface area contributed by atoms with E-state index in [1.165, 1.54) is 0 Å². The number of fused-ring (bicyclic) bond motifs is 1. The molecule has 0 bridgehead atoms. The predicted molar refractivity (Wildman–Crippen MR) is 71.5 cm³/mol. The van der Waals surface area contributed by atoms with Crippen LogP contribution in [0.15, 0.2) is 12.4 Å². The quantitative estimate of drug-likeness (QED) is 0.742. The number of hydrogen-bond donors (Lipinski definition) is 0. The van der Waals surface area contributed by atoms with Gasteiger partial charge in [-0.05, 0) is 41.4 Å². The Bertz CT molecular complexity index is 545. The second kappa shape index (κ2) is 3.84. The Labute approximate surface area is 112 Å². The molecule has 0 saturated heterocycles. The van der Waals surface area contributed by atoms with Gasteiger partial charge in [0.05, 0.1) is 0 Å². The van der Waals surface area contributed by atoms with Crippen molar-refractivity contribution < 1.29 is 0 Å². The van der Waals surface area contributed by atoms with Gasteiger partial charge >= 0.3 is 0 Å². The van der Waals surface area contributed by atoms with Crippen molar-refractivity contribution in [2.75, 3.05) is 0 Å². The maximum Gasteiger partial charge on any atom is 0.155 e. The van der Waals surface area contributed by atoms with E-state index in [1.807, 2.05) is 6.20 Å². The van der Waals surface area contributed by atoms with Crippen molar-refractivity contribution in [3.05, 3.63) is 34.0 Å². The molecular weight excluding hydrogens is 336 g/mol. The largest absolute Gasteiger partial charge is 0.298 e. The molecule has 3 nitrogen and oxygen atoms in total. The highest BCUT2D eigenvalue weighted by molar-refractivity contribution is 14.1. The fourth-order valence-corrected chi connectivity index (χ4v) is 3.38. The Kier molecular flexibility index (Phi) is 2.58. The molecular formula is C11H10ClIN3. The van der Waals surface area contributed by atoms with Gasteiger partial charge in [0.2, 0.25) is 0 Å². The zero-order chi connectivity index (χ0) is 11.3. The zero-order valence-corrected chi connectivity index (χ0v) is 11.4. The molecule has 0 atom stereocenters. The van der Waals surface area contributed by atoms with Crippen LogP contribution in [0.5, 0.6) is 0 Å².